The fourth-order valence-corrected chi connectivity index (χ4v) is 3.53. The molecular weight excluding hydrogens is 508 g/mol. The van der Waals surface area contributed by atoms with Crippen LogP contribution in [0.2, 0.25) is 0 Å². The summed E-state index contributed by atoms with van der Waals surface area (Å²) >= 11 is 0. The van der Waals surface area contributed by atoms with E-state index in [9.17, 15) is 9.59 Å². The first-order valence-electron chi connectivity index (χ1n) is 12.5. The van der Waals surface area contributed by atoms with Gasteiger partial charge in [0.25, 0.3) is 0 Å². The molecule has 0 aliphatic heterocycles. The summed E-state index contributed by atoms with van der Waals surface area (Å²) in [5, 5.41) is 1.98. The van der Waals surface area contributed by atoms with Crippen LogP contribution in [0.15, 0.2) is 78.9 Å². The molecule has 0 heterocycles. The van der Waals surface area contributed by atoms with Crippen LogP contribution in [0.3, 0.4) is 0 Å². The summed E-state index contributed by atoms with van der Waals surface area (Å²) in [6.45, 7) is 6.34. The van der Waals surface area contributed by atoms with E-state index in [1.165, 1.54) is 13.0 Å². The maximum Gasteiger partial charge on any atom is 0.408 e. The fraction of sp³-hybridized carbons (Fsp3) is 0.333. The van der Waals surface area contributed by atoms with Gasteiger partial charge in [-0.05, 0) is 57.0 Å². The second kappa shape index (κ2) is 13.1. The molecule has 0 bridgehead atoms. The Morgan fingerprint density at radius 2 is 1.36 bits per heavy atom. The zero-order valence-corrected chi connectivity index (χ0v) is 22.4. The molecule has 39 heavy (non-hydrogen) atoms. The highest BCUT2D eigenvalue weighted by atomic mass is 19.3. The zero-order chi connectivity index (χ0) is 28.5. The van der Waals surface area contributed by atoms with Crippen LogP contribution < -0.4 is 14.8 Å². The molecule has 3 aromatic carbocycles. The summed E-state index contributed by atoms with van der Waals surface area (Å²) < 4.78 is 53.4. The predicted molar refractivity (Wildman–Crippen MR) is 142 cm³/mol. The van der Waals surface area contributed by atoms with E-state index >= 15 is 8.78 Å². The summed E-state index contributed by atoms with van der Waals surface area (Å²) in [5.74, 6) is -4.90. The third-order valence-electron chi connectivity index (χ3n) is 5.35. The normalized spacial score (nSPS) is 12.3. The minimum absolute atomic E-state index is 0.0480. The molecule has 0 spiro atoms. The number of benzene rings is 3. The Hall–Kier alpha value is -4.14. The third-order valence-corrected chi connectivity index (χ3v) is 5.35. The predicted octanol–water partition coefficient (Wildman–Crippen LogP) is 6.39. The fourth-order valence-electron chi connectivity index (χ4n) is 3.53. The van der Waals surface area contributed by atoms with Crippen LogP contribution in [0, 0.1) is 0 Å². The molecule has 0 saturated heterocycles. The van der Waals surface area contributed by atoms with Crippen molar-refractivity contribution in [1.82, 2.24) is 5.32 Å². The molecule has 0 aliphatic carbocycles. The molecule has 0 saturated carbocycles. The summed E-state index contributed by atoms with van der Waals surface area (Å²) in [6.07, 6.45) is -1.18. The van der Waals surface area contributed by atoms with E-state index in [-0.39, 0.29) is 31.3 Å². The van der Waals surface area contributed by atoms with E-state index in [0.717, 1.165) is 23.3 Å². The molecule has 3 aromatic rings. The van der Waals surface area contributed by atoms with Gasteiger partial charge in [-0.15, -0.1) is 0 Å². The van der Waals surface area contributed by atoms with Crippen LogP contribution in [-0.2, 0) is 33.4 Å². The minimum Gasteiger partial charge on any atom is -0.485 e. The quantitative estimate of drug-likeness (QED) is 0.283. The lowest BCUT2D eigenvalue weighted by atomic mass is 10.00. The van der Waals surface area contributed by atoms with E-state index in [1.807, 2.05) is 66.0 Å². The lowest BCUT2D eigenvalue weighted by Crippen LogP contribution is -2.53. The highest BCUT2D eigenvalue weighted by Gasteiger charge is 2.49. The van der Waals surface area contributed by atoms with E-state index in [4.69, 9.17) is 18.9 Å². The largest absolute Gasteiger partial charge is 0.485 e. The van der Waals surface area contributed by atoms with E-state index in [1.54, 1.807) is 20.8 Å². The van der Waals surface area contributed by atoms with Gasteiger partial charge in [0, 0.05) is 5.56 Å². The molecule has 1 amide bonds. The third kappa shape index (κ3) is 8.70. The van der Waals surface area contributed by atoms with Gasteiger partial charge in [-0.2, -0.15) is 8.78 Å². The van der Waals surface area contributed by atoms with Crippen molar-refractivity contribution in [2.75, 3.05) is 6.61 Å². The number of rotatable bonds is 11. The van der Waals surface area contributed by atoms with Crippen molar-refractivity contribution in [3.05, 3.63) is 95.6 Å². The molecule has 3 rings (SSSR count). The highest BCUT2D eigenvalue weighted by molar-refractivity contribution is 5.83. The number of amides is 1. The van der Waals surface area contributed by atoms with Crippen LogP contribution in [-0.4, -0.2) is 30.3 Å². The molecule has 0 aromatic heterocycles. The Labute approximate surface area is 227 Å². The molecule has 9 heteroatoms. The van der Waals surface area contributed by atoms with Crippen LogP contribution in [0.1, 0.15) is 44.4 Å². The Balaban J connectivity index is 1.93. The molecule has 1 N–H and O–H groups in total. The van der Waals surface area contributed by atoms with Crippen molar-refractivity contribution in [2.45, 2.75) is 58.5 Å². The molecule has 1 unspecified atom stereocenters. The molecule has 0 fully saturated rings. The number of nitrogens with one attached hydrogen (secondary N) is 1. The number of alkyl halides is 2. The average Bonchev–Trinajstić information content (AvgIpc) is 2.89. The number of alkyl carbamates (subject to hydrolysis) is 1. The van der Waals surface area contributed by atoms with Gasteiger partial charge in [-0.3, -0.25) is 0 Å². The average molecular weight is 542 g/mol. The number of halogens is 2. The zero-order valence-electron chi connectivity index (χ0n) is 22.4. The second-order valence-corrected chi connectivity index (χ2v) is 9.66. The summed E-state index contributed by atoms with van der Waals surface area (Å²) in [6, 6.07) is 19.8. The highest BCUT2D eigenvalue weighted by Crippen LogP contribution is 2.39. The first-order chi connectivity index (χ1) is 18.5. The number of esters is 1. The van der Waals surface area contributed by atoms with Crippen LogP contribution >= 0.6 is 0 Å². The topological polar surface area (TPSA) is 83.1 Å². The lowest BCUT2D eigenvalue weighted by molar-refractivity contribution is -0.158. The summed E-state index contributed by atoms with van der Waals surface area (Å²) in [7, 11) is 0. The Morgan fingerprint density at radius 1 is 0.821 bits per heavy atom. The van der Waals surface area contributed by atoms with Crippen LogP contribution in [0.4, 0.5) is 13.6 Å². The van der Waals surface area contributed by atoms with E-state index in [0.29, 0.717) is 0 Å². The first kappa shape index (κ1) is 29.4. The second-order valence-electron chi connectivity index (χ2n) is 9.66. The van der Waals surface area contributed by atoms with Crippen molar-refractivity contribution in [3.63, 3.8) is 0 Å². The number of ether oxygens (including phenoxy) is 4. The first-order valence-corrected chi connectivity index (χ1v) is 12.5. The number of carbonyl (C=O) groups is 2. The summed E-state index contributed by atoms with van der Waals surface area (Å²) in [5.41, 5.74) is 0.158. The van der Waals surface area contributed by atoms with Gasteiger partial charge in [0.05, 0.1) is 6.61 Å². The monoisotopic (exact) mass is 541 g/mol. The van der Waals surface area contributed by atoms with Crippen LogP contribution in [0.5, 0.6) is 11.5 Å². The van der Waals surface area contributed by atoms with E-state index in [2.05, 4.69) is 0 Å². The van der Waals surface area contributed by atoms with Gasteiger partial charge >= 0.3 is 18.0 Å². The van der Waals surface area contributed by atoms with Crippen molar-refractivity contribution in [1.29, 1.82) is 0 Å². The minimum atomic E-state index is -3.88. The van der Waals surface area contributed by atoms with Gasteiger partial charge in [0.1, 0.15) is 18.8 Å². The van der Waals surface area contributed by atoms with Crippen molar-refractivity contribution in [2.24, 2.45) is 0 Å². The van der Waals surface area contributed by atoms with E-state index < -0.39 is 35.2 Å². The molecule has 208 valence electrons. The van der Waals surface area contributed by atoms with Gasteiger partial charge < -0.3 is 24.3 Å². The maximum absolute atomic E-state index is 15.8. The van der Waals surface area contributed by atoms with Crippen molar-refractivity contribution in [3.8, 4) is 11.5 Å². The number of hydrogen-bond acceptors (Lipinski definition) is 6. The van der Waals surface area contributed by atoms with Gasteiger partial charge in [-0.1, -0.05) is 60.7 Å². The van der Waals surface area contributed by atoms with Gasteiger partial charge in [0.15, 0.2) is 17.5 Å². The lowest BCUT2D eigenvalue weighted by Gasteiger charge is -2.28. The molecule has 0 aliphatic rings. The smallest absolute Gasteiger partial charge is 0.408 e. The molecule has 0 radical (unpaired) electrons. The van der Waals surface area contributed by atoms with Crippen molar-refractivity contribution >= 4 is 12.1 Å². The Morgan fingerprint density at radius 3 is 1.87 bits per heavy atom. The number of carbonyl (C=O) groups excluding carboxylic acids is 2. The maximum atomic E-state index is 15.8. The van der Waals surface area contributed by atoms with Crippen LogP contribution in [0.25, 0.3) is 0 Å². The molecule has 1 atom stereocenters. The molecule has 7 nitrogen and oxygen atoms in total. The molecular formula is C30H33F2NO6. The van der Waals surface area contributed by atoms with Gasteiger partial charge in [0.2, 0.25) is 0 Å². The van der Waals surface area contributed by atoms with Gasteiger partial charge in [-0.25, -0.2) is 9.59 Å². The Kier molecular flexibility index (Phi) is 9.87. The van der Waals surface area contributed by atoms with Crippen molar-refractivity contribution < 1.29 is 37.3 Å². The summed E-state index contributed by atoms with van der Waals surface area (Å²) in [4.78, 5) is 24.9. The number of hydrogen-bond donors (Lipinski definition) is 1. The SMILES string of the molecule is CCOC(=O)C(NC(=O)OC(C)(C)C)C(F)(F)c1ccc(OCc2ccccc2)c(OCc2ccccc2)c1. The standard InChI is InChI=1S/C30H33F2NO6/c1-5-36-27(34)26(33-28(35)39-29(2,3)4)30(31,32)23-16-17-24(37-19-21-12-8-6-9-13-21)25(18-23)38-20-22-14-10-7-11-15-22/h6-18,26H,5,19-20H2,1-4H3,(H,33,35). The Bertz CT molecular complexity index is 1230.